The van der Waals surface area contributed by atoms with Gasteiger partial charge in [0.25, 0.3) is 0 Å². The maximum atomic E-state index is 12.2. The van der Waals surface area contributed by atoms with Crippen LogP contribution in [0.15, 0.2) is 0 Å². The normalized spacial score (nSPS) is 37.7. The van der Waals surface area contributed by atoms with E-state index in [2.05, 4.69) is 0 Å². The second-order valence-corrected chi connectivity index (χ2v) is 7.94. The maximum absolute atomic E-state index is 12.2. The fourth-order valence-electron chi connectivity index (χ4n) is 3.57. The highest BCUT2D eigenvalue weighted by Crippen LogP contribution is 2.42. The highest BCUT2D eigenvalue weighted by Gasteiger charge is 2.47. The Morgan fingerprint density at radius 2 is 1.82 bits per heavy atom. The lowest BCUT2D eigenvalue weighted by Gasteiger charge is -2.32. The van der Waals surface area contributed by atoms with E-state index in [4.69, 9.17) is 14.2 Å². The van der Waals surface area contributed by atoms with Gasteiger partial charge in [-0.3, -0.25) is 4.79 Å². The van der Waals surface area contributed by atoms with Crippen molar-refractivity contribution in [1.82, 2.24) is 0 Å². The highest BCUT2D eigenvalue weighted by molar-refractivity contribution is 5.76. The summed E-state index contributed by atoms with van der Waals surface area (Å²) in [6.07, 6.45) is 8.54. The zero-order chi connectivity index (χ0) is 15.7. The lowest BCUT2D eigenvalue weighted by Crippen LogP contribution is -2.35. The van der Waals surface area contributed by atoms with Gasteiger partial charge >= 0.3 is 5.97 Å². The van der Waals surface area contributed by atoms with Crippen LogP contribution in [-0.4, -0.2) is 37.0 Å². The number of rotatable bonds is 6. The predicted molar refractivity (Wildman–Crippen MR) is 83.5 cm³/mol. The average molecular weight is 310 g/mol. The van der Waals surface area contributed by atoms with Crippen LogP contribution in [0.3, 0.4) is 0 Å². The van der Waals surface area contributed by atoms with Crippen molar-refractivity contribution in [2.45, 2.75) is 90.1 Å². The molecule has 22 heavy (non-hydrogen) atoms. The Kier molecular flexibility index (Phi) is 4.79. The summed E-state index contributed by atoms with van der Waals surface area (Å²) >= 11 is 0. The van der Waals surface area contributed by atoms with Gasteiger partial charge in [0, 0.05) is 13.0 Å². The quantitative estimate of drug-likeness (QED) is 0.557. The molecule has 1 saturated heterocycles. The number of esters is 1. The van der Waals surface area contributed by atoms with E-state index in [1.165, 1.54) is 12.8 Å². The molecule has 4 heteroatoms. The summed E-state index contributed by atoms with van der Waals surface area (Å²) in [5, 5.41) is 0. The number of carbonyl (C=O) groups is 1. The molecule has 0 amide bonds. The summed E-state index contributed by atoms with van der Waals surface area (Å²) in [4.78, 5) is 12.2. The first-order valence-corrected chi connectivity index (χ1v) is 8.96. The number of hydrogen-bond acceptors (Lipinski definition) is 4. The van der Waals surface area contributed by atoms with E-state index in [-0.39, 0.29) is 23.6 Å². The van der Waals surface area contributed by atoms with E-state index in [0.717, 1.165) is 38.7 Å². The third-order valence-corrected chi connectivity index (χ3v) is 5.67. The monoisotopic (exact) mass is 310 g/mol. The van der Waals surface area contributed by atoms with E-state index in [1.807, 2.05) is 20.8 Å². The Morgan fingerprint density at radius 3 is 2.50 bits per heavy atom. The van der Waals surface area contributed by atoms with Crippen molar-refractivity contribution >= 4 is 5.97 Å². The minimum absolute atomic E-state index is 0.0392. The fourth-order valence-corrected chi connectivity index (χ4v) is 3.57. The van der Waals surface area contributed by atoms with Crippen LogP contribution >= 0.6 is 0 Å². The second kappa shape index (κ2) is 6.48. The molecule has 1 heterocycles. The molecule has 0 radical (unpaired) electrons. The predicted octanol–water partition coefficient (Wildman–Crippen LogP) is 3.47. The molecule has 0 aromatic heterocycles. The Balaban J connectivity index is 1.40. The van der Waals surface area contributed by atoms with Gasteiger partial charge < -0.3 is 14.2 Å². The van der Waals surface area contributed by atoms with Crippen LogP contribution in [0.1, 0.15) is 65.7 Å². The first kappa shape index (κ1) is 16.3. The fraction of sp³-hybridized carbons (Fsp3) is 0.944. The Bertz CT molecular complexity index is 396. The summed E-state index contributed by atoms with van der Waals surface area (Å²) in [7, 11) is 0. The number of ether oxygens (including phenoxy) is 3. The van der Waals surface area contributed by atoms with E-state index >= 15 is 0 Å². The lowest BCUT2D eigenvalue weighted by molar-refractivity contribution is -0.164. The first-order valence-electron chi connectivity index (χ1n) is 8.96. The van der Waals surface area contributed by atoms with Gasteiger partial charge in [0.1, 0.15) is 6.10 Å². The third kappa shape index (κ3) is 3.83. The Hall–Kier alpha value is -0.610. The van der Waals surface area contributed by atoms with Crippen molar-refractivity contribution in [3.63, 3.8) is 0 Å². The van der Waals surface area contributed by atoms with E-state index in [0.29, 0.717) is 18.1 Å². The van der Waals surface area contributed by atoms with Gasteiger partial charge in [-0.15, -0.1) is 0 Å². The molecule has 0 N–H and O–H groups in total. The van der Waals surface area contributed by atoms with Crippen molar-refractivity contribution in [2.24, 2.45) is 11.3 Å². The molecular formula is C18H30O4. The van der Waals surface area contributed by atoms with Gasteiger partial charge in [-0.2, -0.15) is 0 Å². The number of hydrogen-bond donors (Lipinski definition) is 0. The zero-order valence-electron chi connectivity index (χ0n) is 14.2. The van der Waals surface area contributed by atoms with Crippen LogP contribution in [0.25, 0.3) is 0 Å². The zero-order valence-corrected chi connectivity index (χ0v) is 14.2. The van der Waals surface area contributed by atoms with Gasteiger partial charge in [0.15, 0.2) is 0 Å². The smallest absolute Gasteiger partial charge is 0.311 e. The minimum atomic E-state index is -0.376. The number of epoxide rings is 1. The van der Waals surface area contributed by atoms with Crippen molar-refractivity contribution < 1.29 is 19.0 Å². The Morgan fingerprint density at radius 1 is 1.14 bits per heavy atom. The minimum Gasteiger partial charge on any atom is -0.462 e. The van der Waals surface area contributed by atoms with Crippen molar-refractivity contribution in [1.29, 1.82) is 0 Å². The number of fused-ring (bicyclic) bond motifs is 1. The summed E-state index contributed by atoms with van der Waals surface area (Å²) in [5.41, 5.74) is -0.376. The molecule has 4 nitrogen and oxygen atoms in total. The van der Waals surface area contributed by atoms with Gasteiger partial charge in [0.2, 0.25) is 0 Å². The van der Waals surface area contributed by atoms with E-state index in [9.17, 15) is 4.79 Å². The van der Waals surface area contributed by atoms with Crippen LogP contribution in [0.4, 0.5) is 0 Å². The van der Waals surface area contributed by atoms with Crippen molar-refractivity contribution in [3.05, 3.63) is 0 Å². The van der Waals surface area contributed by atoms with Crippen molar-refractivity contribution in [2.75, 3.05) is 6.61 Å². The number of carbonyl (C=O) groups excluding carboxylic acids is 1. The topological polar surface area (TPSA) is 48.1 Å². The van der Waals surface area contributed by atoms with E-state index < -0.39 is 0 Å². The molecule has 4 unspecified atom stereocenters. The summed E-state index contributed by atoms with van der Waals surface area (Å²) in [6, 6.07) is 0. The molecule has 4 atom stereocenters. The molecular weight excluding hydrogens is 280 g/mol. The molecule has 0 aromatic carbocycles. The summed E-state index contributed by atoms with van der Waals surface area (Å²) < 4.78 is 17.3. The molecule has 0 spiro atoms. The van der Waals surface area contributed by atoms with Crippen molar-refractivity contribution in [3.8, 4) is 0 Å². The molecule has 0 bridgehead atoms. The summed E-state index contributed by atoms with van der Waals surface area (Å²) in [5.74, 6) is 0.611. The second-order valence-electron chi connectivity index (χ2n) is 7.94. The summed E-state index contributed by atoms with van der Waals surface area (Å²) in [6.45, 7) is 6.80. The molecule has 126 valence electrons. The van der Waals surface area contributed by atoms with Gasteiger partial charge in [0.05, 0.1) is 23.7 Å². The lowest BCUT2D eigenvalue weighted by atomic mass is 9.89. The molecule has 3 fully saturated rings. The SMILES string of the molecule is CCC(C)(C)C(=O)OC1CCCC(OCC2CC3OC3C2)C1. The van der Waals surface area contributed by atoms with Crippen LogP contribution in [-0.2, 0) is 19.0 Å². The molecule has 3 aliphatic rings. The molecule has 1 aliphatic heterocycles. The van der Waals surface area contributed by atoms with Crippen LogP contribution in [0.5, 0.6) is 0 Å². The standard InChI is InChI=1S/C18H30O4/c1-4-18(2,3)17(19)21-14-7-5-6-13(10-14)20-11-12-8-15-16(9-12)22-15/h12-16H,4-11H2,1-3H3. The van der Waals surface area contributed by atoms with Crippen LogP contribution in [0.2, 0.25) is 0 Å². The van der Waals surface area contributed by atoms with Gasteiger partial charge in [-0.25, -0.2) is 0 Å². The average Bonchev–Trinajstić information content (AvgIpc) is 3.12. The molecule has 0 aromatic rings. The molecule has 2 saturated carbocycles. The van der Waals surface area contributed by atoms with Crippen LogP contribution < -0.4 is 0 Å². The highest BCUT2D eigenvalue weighted by atomic mass is 16.6. The first-order chi connectivity index (χ1) is 10.5. The molecule has 3 rings (SSSR count). The Labute approximate surface area is 133 Å². The van der Waals surface area contributed by atoms with Crippen LogP contribution in [0, 0.1) is 11.3 Å². The van der Waals surface area contributed by atoms with E-state index in [1.54, 1.807) is 0 Å². The maximum Gasteiger partial charge on any atom is 0.311 e. The largest absolute Gasteiger partial charge is 0.462 e. The third-order valence-electron chi connectivity index (χ3n) is 5.67. The van der Waals surface area contributed by atoms with Gasteiger partial charge in [-0.1, -0.05) is 6.92 Å². The molecule has 2 aliphatic carbocycles. The van der Waals surface area contributed by atoms with Gasteiger partial charge in [-0.05, 0) is 58.3 Å².